The van der Waals surface area contributed by atoms with Crippen LogP contribution >= 0.6 is 0 Å². The number of hydrogen-bond donors (Lipinski definition) is 2. The van der Waals surface area contributed by atoms with Gasteiger partial charge >= 0.3 is 18.9 Å². The Morgan fingerprint density at radius 3 is 2.57 bits per heavy atom. The summed E-state index contributed by atoms with van der Waals surface area (Å²) in [7, 11) is 0. The summed E-state index contributed by atoms with van der Waals surface area (Å²) in [5, 5.41) is 4.15. The first-order chi connectivity index (χ1) is 19.7. The fraction of sp³-hybridized carbons (Fsp3) is 0.500. The van der Waals surface area contributed by atoms with E-state index in [2.05, 4.69) is 10.3 Å². The zero-order valence-electron chi connectivity index (χ0n) is 23.9. The van der Waals surface area contributed by atoms with Gasteiger partial charge in [0, 0.05) is 59.1 Å². The Morgan fingerprint density at radius 2 is 1.88 bits per heavy atom. The third-order valence-corrected chi connectivity index (χ3v) is 7.61. The van der Waals surface area contributed by atoms with Crippen molar-refractivity contribution in [2.75, 3.05) is 25.0 Å². The Morgan fingerprint density at radius 1 is 1.14 bits per heavy atom. The molecule has 0 aliphatic carbocycles. The number of para-hydroxylation sites is 1. The number of amides is 1. The van der Waals surface area contributed by atoms with E-state index in [0.717, 1.165) is 16.5 Å². The summed E-state index contributed by atoms with van der Waals surface area (Å²) >= 11 is 0. The van der Waals surface area contributed by atoms with Gasteiger partial charge in [0.15, 0.2) is 0 Å². The van der Waals surface area contributed by atoms with Crippen LogP contribution in [0.4, 0.5) is 32.4 Å². The third-order valence-electron chi connectivity index (χ3n) is 7.61. The highest BCUT2D eigenvalue weighted by molar-refractivity contribution is 5.85. The summed E-state index contributed by atoms with van der Waals surface area (Å²) in [5.41, 5.74) is 2.17. The van der Waals surface area contributed by atoms with Crippen molar-refractivity contribution in [3.05, 3.63) is 59.3 Å². The molecule has 5 rings (SSSR count). The molecule has 2 aliphatic rings. The summed E-state index contributed by atoms with van der Waals surface area (Å²) in [6.45, 7) is 3.46. The monoisotopic (exact) mass is 594 g/mol. The maximum atomic E-state index is 13.8. The fourth-order valence-electron chi connectivity index (χ4n) is 5.95. The SMILES string of the molecule is C[C@@H]1Cc2c([nH]c3ccccc23)[C@@H](c2ccc(N[C@H]3CCN(C(=O)OC(C)(C)C)C3)cc2OC(F)F)N1CC(F)(F)F. The minimum Gasteiger partial charge on any atom is -0.444 e. The van der Waals surface area contributed by atoms with Crippen molar-refractivity contribution in [2.24, 2.45) is 0 Å². The average molecular weight is 595 g/mol. The molecule has 3 aromatic rings. The van der Waals surface area contributed by atoms with Crippen molar-refractivity contribution < 1.29 is 36.2 Å². The molecule has 0 saturated carbocycles. The maximum absolute atomic E-state index is 13.8. The standard InChI is InChI=1S/C30H35F5N4O3/c1-17-13-22-20-7-5-6-8-23(20)37-25(22)26(39(17)16-30(33,34)35)21-10-9-18(14-24(21)41-27(31)32)36-19-11-12-38(15-19)28(40)42-29(2,3)4/h5-10,14,17,19,26-27,36-37H,11-13,15-16H2,1-4H3/t17-,19+,26-/m1/s1. The predicted molar refractivity (Wildman–Crippen MR) is 149 cm³/mol. The van der Waals surface area contributed by atoms with E-state index in [-0.39, 0.29) is 17.4 Å². The lowest BCUT2D eigenvalue weighted by Crippen LogP contribution is -2.47. The van der Waals surface area contributed by atoms with Gasteiger partial charge in [0.05, 0.1) is 12.6 Å². The fourth-order valence-corrected chi connectivity index (χ4v) is 5.95. The van der Waals surface area contributed by atoms with Crippen molar-refractivity contribution in [2.45, 2.75) is 77.1 Å². The van der Waals surface area contributed by atoms with E-state index in [4.69, 9.17) is 9.47 Å². The minimum absolute atomic E-state index is 0.181. The molecule has 228 valence electrons. The van der Waals surface area contributed by atoms with Crippen molar-refractivity contribution in [3.8, 4) is 5.75 Å². The van der Waals surface area contributed by atoms with Crippen LogP contribution < -0.4 is 10.1 Å². The molecule has 12 heteroatoms. The Kier molecular flexibility index (Phi) is 8.04. The number of carbonyl (C=O) groups excluding carboxylic acids is 1. The number of likely N-dealkylation sites (tertiary alicyclic amines) is 1. The largest absolute Gasteiger partial charge is 0.444 e. The van der Waals surface area contributed by atoms with Crippen LogP contribution in [-0.4, -0.2) is 71.0 Å². The lowest BCUT2D eigenvalue weighted by atomic mass is 9.88. The Bertz CT molecular complexity index is 1430. The van der Waals surface area contributed by atoms with E-state index < -0.39 is 43.1 Å². The zero-order valence-corrected chi connectivity index (χ0v) is 23.9. The number of aromatic nitrogens is 1. The number of carbonyl (C=O) groups is 1. The zero-order chi connectivity index (χ0) is 30.4. The van der Waals surface area contributed by atoms with E-state index in [1.54, 1.807) is 44.7 Å². The second kappa shape index (κ2) is 11.3. The number of H-pyrrole nitrogens is 1. The minimum atomic E-state index is -4.51. The Hall–Kier alpha value is -3.54. The van der Waals surface area contributed by atoms with Gasteiger partial charge in [-0.05, 0) is 58.2 Å². The summed E-state index contributed by atoms with van der Waals surface area (Å²) in [6.07, 6.45) is -3.98. The van der Waals surface area contributed by atoms with Gasteiger partial charge < -0.3 is 24.7 Å². The average Bonchev–Trinajstić information content (AvgIpc) is 3.48. The molecular weight excluding hydrogens is 559 g/mol. The first kappa shape index (κ1) is 29.9. The summed E-state index contributed by atoms with van der Waals surface area (Å²) in [4.78, 5) is 18.6. The van der Waals surface area contributed by atoms with Crippen LogP contribution in [0.2, 0.25) is 0 Å². The topological polar surface area (TPSA) is 69.8 Å². The van der Waals surface area contributed by atoms with Crippen molar-refractivity contribution in [3.63, 3.8) is 0 Å². The molecule has 0 unspecified atom stereocenters. The van der Waals surface area contributed by atoms with E-state index in [1.165, 1.54) is 11.0 Å². The molecule has 2 aromatic carbocycles. The molecule has 42 heavy (non-hydrogen) atoms. The number of rotatable bonds is 6. The van der Waals surface area contributed by atoms with Gasteiger partial charge in [-0.2, -0.15) is 22.0 Å². The maximum Gasteiger partial charge on any atom is 0.410 e. The number of anilines is 1. The second-order valence-electron chi connectivity index (χ2n) is 12.0. The van der Waals surface area contributed by atoms with Gasteiger partial charge in [0.1, 0.15) is 11.4 Å². The predicted octanol–water partition coefficient (Wildman–Crippen LogP) is 7.09. The molecule has 1 aromatic heterocycles. The van der Waals surface area contributed by atoms with Crippen LogP contribution in [0.25, 0.3) is 10.9 Å². The van der Waals surface area contributed by atoms with Crippen molar-refractivity contribution >= 4 is 22.7 Å². The number of nitrogens with zero attached hydrogens (tertiary/aromatic N) is 2. The number of hydrogen-bond acceptors (Lipinski definition) is 5. The highest BCUT2D eigenvalue weighted by Crippen LogP contribution is 2.45. The second-order valence-corrected chi connectivity index (χ2v) is 12.0. The summed E-state index contributed by atoms with van der Waals surface area (Å²) in [5.74, 6) is -0.215. The lowest BCUT2D eigenvalue weighted by Gasteiger charge is -2.41. The van der Waals surface area contributed by atoms with Gasteiger partial charge in [0.25, 0.3) is 0 Å². The Labute approximate surface area is 240 Å². The highest BCUT2D eigenvalue weighted by atomic mass is 19.4. The molecule has 3 heterocycles. The number of nitrogens with one attached hydrogen (secondary N) is 2. The molecule has 0 bridgehead atoms. The van der Waals surface area contributed by atoms with Crippen LogP contribution in [0.1, 0.15) is 57.0 Å². The van der Waals surface area contributed by atoms with Gasteiger partial charge in [0.2, 0.25) is 0 Å². The normalized spacial score (nSPS) is 21.6. The molecule has 7 nitrogen and oxygen atoms in total. The molecular formula is C30H35F5N4O3. The van der Waals surface area contributed by atoms with Crippen LogP contribution in [-0.2, 0) is 11.2 Å². The third kappa shape index (κ3) is 6.58. The molecule has 2 N–H and O–H groups in total. The first-order valence-electron chi connectivity index (χ1n) is 13.9. The van der Waals surface area contributed by atoms with Crippen LogP contribution in [0, 0.1) is 0 Å². The number of benzene rings is 2. The summed E-state index contributed by atoms with van der Waals surface area (Å²) < 4.78 is 79.2. The van der Waals surface area contributed by atoms with E-state index in [9.17, 15) is 26.7 Å². The van der Waals surface area contributed by atoms with Crippen LogP contribution in [0.3, 0.4) is 0 Å². The number of halogens is 5. The molecule has 1 amide bonds. The molecule has 1 fully saturated rings. The van der Waals surface area contributed by atoms with Crippen LogP contribution in [0.5, 0.6) is 5.75 Å². The number of fused-ring (bicyclic) bond motifs is 3. The molecule has 1 saturated heterocycles. The molecule has 3 atom stereocenters. The number of alkyl halides is 5. The molecule has 0 spiro atoms. The van der Waals surface area contributed by atoms with Crippen LogP contribution in [0.15, 0.2) is 42.5 Å². The van der Waals surface area contributed by atoms with E-state index in [1.807, 2.05) is 24.3 Å². The van der Waals surface area contributed by atoms with Gasteiger partial charge in [-0.25, -0.2) is 4.79 Å². The molecule has 2 aliphatic heterocycles. The van der Waals surface area contributed by atoms with E-state index >= 15 is 0 Å². The lowest BCUT2D eigenvalue weighted by molar-refractivity contribution is -0.155. The summed E-state index contributed by atoms with van der Waals surface area (Å²) in [6, 6.07) is 10.3. The highest BCUT2D eigenvalue weighted by Gasteiger charge is 2.43. The quantitative estimate of drug-likeness (QED) is 0.298. The van der Waals surface area contributed by atoms with E-state index in [0.29, 0.717) is 37.3 Å². The molecule has 0 radical (unpaired) electrons. The smallest absolute Gasteiger partial charge is 0.410 e. The van der Waals surface area contributed by atoms with Crippen molar-refractivity contribution in [1.82, 2.24) is 14.8 Å². The van der Waals surface area contributed by atoms with Gasteiger partial charge in [-0.15, -0.1) is 0 Å². The number of aromatic amines is 1. The Balaban J connectivity index is 1.49. The van der Waals surface area contributed by atoms with Gasteiger partial charge in [-0.3, -0.25) is 4.90 Å². The number of ether oxygens (including phenoxy) is 2. The van der Waals surface area contributed by atoms with Gasteiger partial charge in [-0.1, -0.05) is 24.3 Å². The first-order valence-corrected chi connectivity index (χ1v) is 13.9. The van der Waals surface area contributed by atoms with Crippen molar-refractivity contribution in [1.29, 1.82) is 0 Å².